The van der Waals surface area contributed by atoms with E-state index >= 15 is 0 Å². The molecule has 3 rings (SSSR count). The summed E-state index contributed by atoms with van der Waals surface area (Å²) in [5.41, 5.74) is 3.46. The molecular formula is C21H23NO4. The van der Waals surface area contributed by atoms with Crippen molar-refractivity contribution >= 4 is 16.9 Å². The number of aromatic hydroxyl groups is 1. The molecule has 3 aromatic rings. The maximum atomic E-state index is 12.0. The summed E-state index contributed by atoms with van der Waals surface area (Å²) in [5.74, 6) is 0.683. The number of benzene rings is 2. The lowest BCUT2D eigenvalue weighted by molar-refractivity contribution is -0.142. The second-order valence-electron chi connectivity index (χ2n) is 6.38. The maximum Gasteiger partial charge on any atom is 0.311 e. The second kappa shape index (κ2) is 7.52. The lowest BCUT2D eigenvalue weighted by Gasteiger charge is -2.11. The van der Waals surface area contributed by atoms with Crippen LogP contribution in [-0.4, -0.2) is 28.8 Å². The van der Waals surface area contributed by atoms with Gasteiger partial charge < -0.3 is 19.6 Å². The van der Waals surface area contributed by atoms with Gasteiger partial charge in [-0.05, 0) is 56.7 Å². The summed E-state index contributed by atoms with van der Waals surface area (Å²) in [7, 11) is 0. The molecular weight excluding hydrogens is 330 g/mol. The molecule has 26 heavy (non-hydrogen) atoms. The molecule has 0 radical (unpaired) electrons. The van der Waals surface area contributed by atoms with E-state index in [0.717, 1.165) is 33.5 Å². The van der Waals surface area contributed by atoms with Crippen LogP contribution in [0.4, 0.5) is 0 Å². The number of rotatable bonds is 6. The standard InChI is InChI=1S/C21H23NO4/c1-4-25-20(24)12-19-21(17-11-15(23)7-10-18(17)22-19)14-5-8-16(9-6-14)26-13(2)3/h5-11,13,22-23H,4,12H2,1-3H3. The third-order valence-electron chi connectivity index (χ3n) is 4.00. The minimum atomic E-state index is -0.288. The highest BCUT2D eigenvalue weighted by Crippen LogP contribution is 2.35. The van der Waals surface area contributed by atoms with Crippen LogP contribution in [0.5, 0.6) is 11.5 Å². The molecule has 1 heterocycles. The van der Waals surface area contributed by atoms with Crippen LogP contribution < -0.4 is 4.74 Å². The number of phenolic OH excluding ortho intramolecular Hbond substituents is 1. The van der Waals surface area contributed by atoms with Crippen molar-refractivity contribution in [3.8, 4) is 22.6 Å². The number of fused-ring (bicyclic) bond motifs is 1. The highest BCUT2D eigenvalue weighted by Gasteiger charge is 2.17. The molecule has 1 aromatic heterocycles. The summed E-state index contributed by atoms with van der Waals surface area (Å²) < 4.78 is 10.8. The predicted octanol–water partition coefficient (Wildman–Crippen LogP) is 4.43. The molecule has 0 saturated heterocycles. The van der Waals surface area contributed by atoms with Crippen molar-refractivity contribution in [1.82, 2.24) is 4.98 Å². The zero-order chi connectivity index (χ0) is 18.7. The van der Waals surface area contributed by atoms with E-state index in [2.05, 4.69) is 4.98 Å². The Morgan fingerprint density at radius 3 is 2.54 bits per heavy atom. The Morgan fingerprint density at radius 2 is 1.88 bits per heavy atom. The molecule has 2 aromatic carbocycles. The van der Waals surface area contributed by atoms with Crippen LogP contribution in [0.25, 0.3) is 22.0 Å². The first kappa shape index (κ1) is 17.9. The molecule has 0 aliphatic heterocycles. The van der Waals surface area contributed by atoms with Crippen molar-refractivity contribution in [2.24, 2.45) is 0 Å². The molecule has 0 spiro atoms. The highest BCUT2D eigenvalue weighted by molar-refractivity contribution is 5.99. The molecule has 136 valence electrons. The van der Waals surface area contributed by atoms with Gasteiger partial charge in [-0.1, -0.05) is 12.1 Å². The van der Waals surface area contributed by atoms with Crippen molar-refractivity contribution in [3.63, 3.8) is 0 Å². The van der Waals surface area contributed by atoms with E-state index < -0.39 is 0 Å². The topological polar surface area (TPSA) is 71.6 Å². The number of ether oxygens (including phenoxy) is 2. The van der Waals surface area contributed by atoms with E-state index in [9.17, 15) is 9.90 Å². The van der Waals surface area contributed by atoms with Crippen molar-refractivity contribution < 1.29 is 19.4 Å². The number of H-pyrrole nitrogens is 1. The van der Waals surface area contributed by atoms with Gasteiger partial charge in [0.1, 0.15) is 11.5 Å². The van der Waals surface area contributed by atoms with E-state index in [-0.39, 0.29) is 24.2 Å². The van der Waals surface area contributed by atoms with Crippen molar-refractivity contribution in [1.29, 1.82) is 0 Å². The predicted molar refractivity (Wildman–Crippen MR) is 102 cm³/mol. The number of esters is 1. The largest absolute Gasteiger partial charge is 0.508 e. The van der Waals surface area contributed by atoms with E-state index in [1.54, 1.807) is 25.1 Å². The van der Waals surface area contributed by atoms with Crippen LogP contribution in [0.15, 0.2) is 42.5 Å². The van der Waals surface area contributed by atoms with Crippen LogP contribution >= 0.6 is 0 Å². The lowest BCUT2D eigenvalue weighted by atomic mass is 10.0. The minimum absolute atomic E-state index is 0.102. The molecule has 0 atom stereocenters. The zero-order valence-corrected chi connectivity index (χ0v) is 15.2. The normalized spacial score (nSPS) is 11.1. The highest BCUT2D eigenvalue weighted by atomic mass is 16.5. The summed E-state index contributed by atoms with van der Waals surface area (Å²) in [5, 5.41) is 10.8. The number of aromatic amines is 1. The summed E-state index contributed by atoms with van der Waals surface area (Å²) >= 11 is 0. The minimum Gasteiger partial charge on any atom is -0.508 e. The van der Waals surface area contributed by atoms with Gasteiger partial charge in [0.05, 0.1) is 19.1 Å². The van der Waals surface area contributed by atoms with Crippen LogP contribution in [0, 0.1) is 0 Å². The molecule has 0 unspecified atom stereocenters. The van der Waals surface area contributed by atoms with Gasteiger partial charge in [0, 0.05) is 22.2 Å². The van der Waals surface area contributed by atoms with Crippen molar-refractivity contribution in [2.45, 2.75) is 33.3 Å². The SMILES string of the molecule is CCOC(=O)Cc1[nH]c2ccc(O)cc2c1-c1ccc(OC(C)C)cc1. The van der Waals surface area contributed by atoms with Crippen LogP contribution in [-0.2, 0) is 16.0 Å². The number of aromatic nitrogens is 1. The molecule has 0 bridgehead atoms. The van der Waals surface area contributed by atoms with Crippen LogP contribution in [0.3, 0.4) is 0 Å². The van der Waals surface area contributed by atoms with Crippen molar-refractivity contribution in [2.75, 3.05) is 6.61 Å². The van der Waals surface area contributed by atoms with Crippen LogP contribution in [0.2, 0.25) is 0 Å². The Labute approximate surface area is 152 Å². The zero-order valence-electron chi connectivity index (χ0n) is 15.2. The Morgan fingerprint density at radius 1 is 1.15 bits per heavy atom. The average Bonchev–Trinajstić information content (AvgIpc) is 2.92. The van der Waals surface area contributed by atoms with Crippen molar-refractivity contribution in [3.05, 3.63) is 48.2 Å². The quantitative estimate of drug-likeness (QED) is 0.643. The number of carbonyl (C=O) groups is 1. The third-order valence-corrected chi connectivity index (χ3v) is 4.00. The summed E-state index contributed by atoms with van der Waals surface area (Å²) in [4.78, 5) is 15.3. The van der Waals surface area contributed by atoms with E-state index in [1.807, 2.05) is 38.1 Å². The molecule has 5 heteroatoms. The summed E-state index contributed by atoms with van der Waals surface area (Å²) in [6, 6.07) is 12.9. The van der Waals surface area contributed by atoms with E-state index in [0.29, 0.717) is 6.61 Å². The average molecular weight is 353 g/mol. The van der Waals surface area contributed by atoms with Gasteiger partial charge in [-0.15, -0.1) is 0 Å². The molecule has 0 amide bonds. The molecule has 0 aliphatic rings. The van der Waals surface area contributed by atoms with Gasteiger partial charge in [-0.25, -0.2) is 0 Å². The molecule has 0 saturated carbocycles. The van der Waals surface area contributed by atoms with Gasteiger partial charge in [0.2, 0.25) is 0 Å². The van der Waals surface area contributed by atoms with Gasteiger partial charge in [0.25, 0.3) is 0 Å². The summed E-state index contributed by atoms with van der Waals surface area (Å²) in [6.45, 7) is 6.09. The molecule has 2 N–H and O–H groups in total. The number of hydrogen-bond acceptors (Lipinski definition) is 4. The first-order chi connectivity index (χ1) is 12.5. The fraction of sp³-hybridized carbons (Fsp3) is 0.286. The van der Waals surface area contributed by atoms with E-state index in [1.165, 1.54) is 0 Å². The van der Waals surface area contributed by atoms with Gasteiger partial charge in [-0.3, -0.25) is 4.79 Å². The van der Waals surface area contributed by atoms with E-state index in [4.69, 9.17) is 9.47 Å². The second-order valence-corrected chi connectivity index (χ2v) is 6.38. The first-order valence-corrected chi connectivity index (χ1v) is 8.74. The number of carbonyl (C=O) groups excluding carboxylic acids is 1. The maximum absolute atomic E-state index is 12.0. The Balaban J connectivity index is 2.06. The van der Waals surface area contributed by atoms with Crippen LogP contribution in [0.1, 0.15) is 26.5 Å². The number of hydrogen-bond donors (Lipinski definition) is 2. The Bertz CT molecular complexity index is 910. The fourth-order valence-corrected chi connectivity index (χ4v) is 3.03. The summed E-state index contributed by atoms with van der Waals surface area (Å²) in [6.07, 6.45) is 0.244. The van der Waals surface area contributed by atoms with Gasteiger partial charge in [0.15, 0.2) is 0 Å². The lowest BCUT2D eigenvalue weighted by Crippen LogP contribution is -2.08. The smallest absolute Gasteiger partial charge is 0.311 e. The van der Waals surface area contributed by atoms with Gasteiger partial charge >= 0.3 is 5.97 Å². The fourth-order valence-electron chi connectivity index (χ4n) is 3.03. The molecule has 5 nitrogen and oxygen atoms in total. The number of phenols is 1. The third kappa shape index (κ3) is 3.82. The molecule has 0 aliphatic carbocycles. The first-order valence-electron chi connectivity index (χ1n) is 8.74. The molecule has 0 fully saturated rings. The monoisotopic (exact) mass is 353 g/mol. The Hall–Kier alpha value is -2.95. The Kier molecular flexibility index (Phi) is 5.16. The number of nitrogens with one attached hydrogen (secondary N) is 1. The van der Waals surface area contributed by atoms with Gasteiger partial charge in [-0.2, -0.15) is 0 Å².